The number of carbonyl (C=O) groups excluding carboxylic acids is 1. The molecule has 0 bridgehead atoms. The van der Waals surface area contributed by atoms with Gasteiger partial charge in [-0.2, -0.15) is 0 Å². The van der Waals surface area contributed by atoms with Gasteiger partial charge in [-0.25, -0.2) is 9.37 Å². The first-order valence-electron chi connectivity index (χ1n) is 4.69. The van der Waals surface area contributed by atoms with Gasteiger partial charge < -0.3 is 5.32 Å². The largest absolute Gasteiger partial charge is 0.304 e. The predicted molar refractivity (Wildman–Crippen MR) is 65.3 cm³/mol. The SMILES string of the molecule is CCCC(=S)C(=O)Nc1ncc(Cl)cc1F. The molecule has 86 valence electrons. The number of hydrogen-bond donors (Lipinski definition) is 1. The van der Waals surface area contributed by atoms with Gasteiger partial charge in [0, 0.05) is 6.20 Å². The van der Waals surface area contributed by atoms with Crippen molar-refractivity contribution < 1.29 is 9.18 Å². The molecule has 1 aromatic rings. The summed E-state index contributed by atoms with van der Waals surface area (Å²) in [5, 5.41) is 2.47. The summed E-state index contributed by atoms with van der Waals surface area (Å²) < 4.78 is 13.3. The van der Waals surface area contributed by atoms with E-state index in [0.717, 1.165) is 12.5 Å². The number of amides is 1. The smallest absolute Gasteiger partial charge is 0.263 e. The summed E-state index contributed by atoms with van der Waals surface area (Å²) in [4.78, 5) is 15.3. The molecule has 0 saturated heterocycles. The lowest BCUT2D eigenvalue weighted by molar-refractivity contribution is -0.110. The summed E-state index contributed by atoms with van der Waals surface area (Å²) in [5.41, 5.74) is 0. The second-order valence-electron chi connectivity index (χ2n) is 3.11. The Labute approximate surface area is 103 Å². The molecule has 0 aromatic carbocycles. The molecule has 1 amide bonds. The minimum absolute atomic E-state index is 0.159. The second-order valence-corrected chi connectivity index (χ2v) is 4.04. The number of carbonyl (C=O) groups is 1. The van der Waals surface area contributed by atoms with Crippen LogP contribution in [0.3, 0.4) is 0 Å². The summed E-state index contributed by atoms with van der Waals surface area (Å²) in [6.07, 6.45) is 2.52. The van der Waals surface area contributed by atoms with Gasteiger partial charge in [-0.1, -0.05) is 37.2 Å². The van der Waals surface area contributed by atoms with E-state index in [4.69, 9.17) is 23.8 Å². The molecule has 1 aromatic heterocycles. The van der Waals surface area contributed by atoms with E-state index in [1.54, 1.807) is 0 Å². The molecule has 6 heteroatoms. The van der Waals surface area contributed by atoms with Gasteiger partial charge in [0.1, 0.15) is 0 Å². The molecule has 0 spiro atoms. The van der Waals surface area contributed by atoms with Gasteiger partial charge in [0.2, 0.25) is 0 Å². The lowest BCUT2D eigenvalue weighted by Gasteiger charge is -2.05. The molecule has 1 heterocycles. The maximum absolute atomic E-state index is 13.3. The number of thiocarbonyl (C=S) groups is 1. The zero-order chi connectivity index (χ0) is 12.1. The molecule has 1 rings (SSSR count). The zero-order valence-corrected chi connectivity index (χ0v) is 10.2. The van der Waals surface area contributed by atoms with Crippen LogP contribution in [0.25, 0.3) is 0 Å². The molecule has 0 unspecified atom stereocenters. The number of hydrogen-bond acceptors (Lipinski definition) is 3. The number of anilines is 1. The number of nitrogens with one attached hydrogen (secondary N) is 1. The fourth-order valence-electron chi connectivity index (χ4n) is 1.02. The highest BCUT2D eigenvalue weighted by atomic mass is 35.5. The van der Waals surface area contributed by atoms with E-state index < -0.39 is 11.7 Å². The Morgan fingerprint density at radius 1 is 1.69 bits per heavy atom. The third kappa shape index (κ3) is 3.50. The minimum atomic E-state index is -0.680. The lowest BCUT2D eigenvalue weighted by Crippen LogP contribution is -2.22. The van der Waals surface area contributed by atoms with Crippen LogP contribution in [0, 0.1) is 5.82 Å². The van der Waals surface area contributed by atoms with Crippen LogP contribution < -0.4 is 5.32 Å². The Bertz CT molecular complexity index is 425. The number of pyridine rings is 1. The molecule has 3 nitrogen and oxygen atoms in total. The van der Waals surface area contributed by atoms with Crippen molar-refractivity contribution >= 4 is 40.4 Å². The van der Waals surface area contributed by atoms with Crippen molar-refractivity contribution in [3.63, 3.8) is 0 Å². The standard InChI is InChI=1S/C10H10ClFN2OS/c1-2-3-8(16)10(15)14-9-7(12)4-6(11)5-13-9/h4-5H,2-3H2,1H3,(H,13,14,15). The molecular formula is C10H10ClFN2OS. The molecule has 16 heavy (non-hydrogen) atoms. The van der Waals surface area contributed by atoms with Crippen molar-refractivity contribution in [2.24, 2.45) is 0 Å². The van der Waals surface area contributed by atoms with E-state index >= 15 is 0 Å². The Balaban J connectivity index is 2.73. The maximum Gasteiger partial charge on any atom is 0.263 e. The molecule has 0 aliphatic heterocycles. The van der Waals surface area contributed by atoms with Gasteiger partial charge in [-0.15, -0.1) is 0 Å². The van der Waals surface area contributed by atoms with Crippen LogP contribution in [0.4, 0.5) is 10.2 Å². The van der Waals surface area contributed by atoms with Crippen molar-refractivity contribution in [2.75, 3.05) is 5.32 Å². The minimum Gasteiger partial charge on any atom is -0.304 e. The fourth-order valence-corrected chi connectivity index (χ4v) is 1.42. The first-order chi connectivity index (χ1) is 7.54. The van der Waals surface area contributed by atoms with Gasteiger partial charge in [-0.3, -0.25) is 4.79 Å². The normalized spacial score (nSPS) is 9.94. The van der Waals surface area contributed by atoms with Crippen LogP contribution in [0.15, 0.2) is 12.3 Å². The quantitative estimate of drug-likeness (QED) is 0.847. The topological polar surface area (TPSA) is 42.0 Å². The van der Waals surface area contributed by atoms with Gasteiger partial charge in [0.15, 0.2) is 11.6 Å². The summed E-state index contributed by atoms with van der Waals surface area (Å²) in [6, 6.07) is 1.08. The highest BCUT2D eigenvalue weighted by molar-refractivity contribution is 7.82. The lowest BCUT2D eigenvalue weighted by atomic mass is 10.2. The van der Waals surface area contributed by atoms with Crippen molar-refractivity contribution in [3.8, 4) is 0 Å². The Kier molecular flexibility index (Phi) is 4.76. The van der Waals surface area contributed by atoms with Crippen LogP contribution in [0.2, 0.25) is 5.02 Å². The Hall–Kier alpha value is -1.07. The number of halogens is 2. The highest BCUT2D eigenvalue weighted by Gasteiger charge is 2.12. The van der Waals surface area contributed by atoms with Crippen molar-refractivity contribution in [2.45, 2.75) is 19.8 Å². The maximum atomic E-state index is 13.3. The van der Waals surface area contributed by atoms with Gasteiger partial charge >= 0.3 is 0 Å². The van der Waals surface area contributed by atoms with Crippen LogP contribution in [-0.4, -0.2) is 15.8 Å². The molecule has 0 fully saturated rings. The monoisotopic (exact) mass is 260 g/mol. The Morgan fingerprint density at radius 2 is 2.38 bits per heavy atom. The summed E-state index contributed by atoms with van der Waals surface area (Å²) in [7, 11) is 0. The van der Waals surface area contributed by atoms with Crippen LogP contribution in [0.5, 0.6) is 0 Å². The van der Waals surface area contributed by atoms with Crippen LogP contribution >= 0.6 is 23.8 Å². The van der Waals surface area contributed by atoms with E-state index in [1.807, 2.05) is 6.92 Å². The highest BCUT2D eigenvalue weighted by Crippen LogP contribution is 2.15. The van der Waals surface area contributed by atoms with E-state index in [9.17, 15) is 9.18 Å². The predicted octanol–water partition coefficient (Wildman–Crippen LogP) is 2.98. The summed E-state index contributed by atoms with van der Waals surface area (Å²) in [6.45, 7) is 1.90. The molecule has 0 atom stereocenters. The average Bonchev–Trinajstić information content (AvgIpc) is 2.22. The van der Waals surface area contributed by atoms with E-state index in [2.05, 4.69) is 10.3 Å². The van der Waals surface area contributed by atoms with Gasteiger partial charge in [0.25, 0.3) is 5.91 Å². The molecular weight excluding hydrogens is 251 g/mol. The third-order valence-electron chi connectivity index (χ3n) is 1.77. The number of aromatic nitrogens is 1. The van der Waals surface area contributed by atoms with Crippen molar-refractivity contribution in [1.82, 2.24) is 4.98 Å². The third-order valence-corrected chi connectivity index (χ3v) is 2.37. The van der Waals surface area contributed by atoms with Crippen molar-refractivity contribution in [3.05, 3.63) is 23.1 Å². The first kappa shape index (κ1) is 13.0. The molecule has 0 aliphatic carbocycles. The fraction of sp³-hybridized carbons (Fsp3) is 0.300. The second kappa shape index (κ2) is 5.86. The number of rotatable bonds is 4. The number of nitrogens with zero attached hydrogens (tertiary/aromatic N) is 1. The van der Waals surface area contributed by atoms with Crippen LogP contribution in [-0.2, 0) is 4.79 Å². The summed E-state index contributed by atoms with van der Waals surface area (Å²) in [5.74, 6) is -1.33. The summed E-state index contributed by atoms with van der Waals surface area (Å²) >= 11 is 10.4. The van der Waals surface area contributed by atoms with Crippen LogP contribution in [0.1, 0.15) is 19.8 Å². The van der Waals surface area contributed by atoms with Crippen molar-refractivity contribution in [1.29, 1.82) is 0 Å². The first-order valence-corrected chi connectivity index (χ1v) is 5.48. The van der Waals surface area contributed by atoms with Gasteiger partial charge in [-0.05, 0) is 12.5 Å². The van der Waals surface area contributed by atoms with E-state index in [-0.39, 0.29) is 15.7 Å². The zero-order valence-electron chi connectivity index (χ0n) is 8.59. The Morgan fingerprint density at radius 3 is 2.94 bits per heavy atom. The molecule has 0 aliphatic rings. The molecule has 0 saturated carbocycles. The average molecular weight is 261 g/mol. The van der Waals surface area contributed by atoms with Gasteiger partial charge in [0.05, 0.1) is 9.89 Å². The molecule has 0 radical (unpaired) electrons. The van der Waals surface area contributed by atoms with E-state index in [0.29, 0.717) is 6.42 Å². The van der Waals surface area contributed by atoms with E-state index in [1.165, 1.54) is 6.20 Å². The molecule has 1 N–H and O–H groups in total.